The topological polar surface area (TPSA) is 54.4 Å². The molecule has 3 rings (SSSR count). The lowest BCUT2D eigenvalue weighted by Gasteiger charge is -2.05. The van der Waals surface area contributed by atoms with Gasteiger partial charge in [-0.2, -0.15) is 0 Å². The molecule has 2 aromatic carbocycles. The zero-order valence-corrected chi connectivity index (χ0v) is 12.9. The van der Waals surface area contributed by atoms with Crippen LogP contribution >= 0.6 is 0 Å². The number of hydrogen-bond donors (Lipinski definition) is 1. The van der Waals surface area contributed by atoms with E-state index in [1.165, 1.54) is 12.1 Å². The molecular formula is C17H17FO3S. The number of aliphatic hydroxyl groups is 1. The summed E-state index contributed by atoms with van der Waals surface area (Å²) in [6.45, 7) is 1.66. The molecule has 0 bridgehead atoms. The Bertz CT molecular complexity index is 784. The van der Waals surface area contributed by atoms with Gasteiger partial charge in [0.1, 0.15) is 5.82 Å². The van der Waals surface area contributed by atoms with E-state index in [9.17, 15) is 17.9 Å². The maximum Gasteiger partial charge on any atom is 0.182 e. The van der Waals surface area contributed by atoms with Gasteiger partial charge >= 0.3 is 0 Å². The Morgan fingerprint density at radius 2 is 1.82 bits per heavy atom. The summed E-state index contributed by atoms with van der Waals surface area (Å²) in [5.74, 6) is -1.13. The zero-order valence-electron chi connectivity index (χ0n) is 12.1. The molecule has 1 saturated carbocycles. The SMILES string of the molecule is Cc1ccc(S(=O)(=O)[C@@H]2[C@@H](CO)[C@H]2c2cccc(F)c2)cc1. The Labute approximate surface area is 129 Å². The van der Waals surface area contributed by atoms with Crippen molar-refractivity contribution in [2.24, 2.45) is 5.92 Å². The minimum absolute atomic E-state index is 0.225. The Balaban J connectivity index is 1.95. The molecule has 1 aliphatic carbocycles. The van der Waals surface area contributed by atoms with E-state index in [2.05, 4.69) is 0 Å². The largest absolute Gasteiger partial charge is 0.396 e. The van der Waals surface area contributed by atoms with Crippen molar-refractivity contribution in [1.82, 2.24) is 0 Å². The van der Waals surface area contributed by atoms with Crippen LogP contribution in [-0.2, 0) is 9.84 Å². The third-order valence-corrected chi connectivity index (χ3v) is 6.54. The molecule has 0 unspecified atom stereocenters. The molecule has 0 heterocycles. The quantitative estimate of drug-likeness (QED) is 0.942. The van der Waals surface area contributed by atoms with Crippen molar-refractivity contribution in [2.45, 2.75) is 23.0 Å². The molecule has 1 N–H and O–H groups in total. The highest BCUT2D eigenvalue weighted by Gasteiger charge is 2.58. The standard InChI is InChI=1S/C17H17FO3S/c1-11-5-7-14(8-6-11)22(20,21)17-15(10-19)16(17)12-3-2-4-13(18)9-12/h2-9,15-17,19H,10H2,1H3/t15-,16+,17+/m0/s1. The van der Waals surface area contributed by atoms with E-state index in [0.29, 0.717) is 5.56 Å². The molecule has 0 amide bonds. The number of aryl methyl sites for hydroxylation is 1. The fourth-order valence-corrected chi connectivity index (χ4v) is 5.22. The zero-order chi connectivity index (χ0) is 15.9. The number of halogens is 1. The van der Waals surface area contributed by atoms with Gasteiger partial charge in [-0.25, -0.2) is 12.8 Å². The van der Waals surface area contributed by atoms with Crippen molar-refractivity contribution < 1.29 is 17.9 Å². The van der Waals surface area contributed by atoms with Crippen LogP contribution in [0.2, 0.25) is 0 Å². The van der Waals surface area contributed by atoms with Gasteiger partial charge in [0.05, 0.1) is 10.1 Å². The third kappa shape index (κ3) is 2.55. The maximum absolute atomic E-state index is 13.4. The molecule has 1 aliphatic rings. The van der Waals surface area contributed by atoms with Gasteiger partial charge in [0.25, 0.3) is 0 Å². The predicted molar refractivity (Wildman–Crippen MR) is 81.9 cm³/mol. The minimum Gasteiger partial charge on any atom is -0.396 e. The second-order valence-electron chi connectivity index (χ2n) is 5.75. The molecule has 5 heteroatoms. The number of hydrogen-bond acceptors (Lipinski definition) is 3. The van der Waals surface area contributed by atoms with Crippen LogP contribution in [0, 0.1) is 18.7 Å². The van der Waals surface area contributed by atoms with E-state index >= 15 is 0 Å². The van der Waals surface area contributed by atoms with Crippen molar-refractivity contribution >= 4 is 9.84 Å². The summed E-state index contributed by atoms with van der Waals surface area (Å²) in [6, 6.07) is 12.6. The first-order chi connectivity index (χ1) is 10.4. The van der Waals surface area contributed by atoms with Crippen molar-refractivity contribution in [3.63, 3.8) is 0 Å². The van der Waals surface area contributed by atoms with Gasteiger partial charge < -0.3 is 5.11 Å². The lowest BCUT2D eigenvalue weighted by molar-refractivity contribution is 0.274. The normalized spacial score (nSPS) is 24.2. The highest BCUT2D eigenvalue weighted by Crippen LogP contribution is 2.53. The van der Waals surface area contributed by atoms with E-state index in [1.54, 1.807) is 36.4 Å². The van der Waals surface area contributed by atoms with E-state index < -0.39 is 20.9 Å². The summed E-state index contributed by atoms with van der Waals surface area (Å²) in [6.07, 6.45) is 0. The second-order valence-corrected chi connectivity index (χ2v) is 7.86. The smallest absolute Gasteiger partial charge is 0.182 e. The molecule has 0 saturated heterocycles. The fraction of sp³-hybridized carbons (Fsp3) is 0.294. The Kier molecular flexibility index (Phi) is 3.78. The van der Waals surface area contributed by atoms with Crippen LogP contribution in [0.5, 0.6) is 0 Å². The van der Waals surface area contributed by atoms with Crippen LogP contribution in [0.1, 0.15) is 17.0 Å². The number of aliphatic hydroxyl groups excluding tert-OH is 1. The van der Waals surface area contributed by atoms with Crippen molar-refractivity contribution in [3.8, 4) is 0 Å². The molecule has 3 nitrogen and oxygen atoms in total. The fourth-order valence-electron chi connectivity index (χ4n) is 3.02. The van der Waals surface area contributed by atoms with E-state index in [0.717, 1.165) is 5.56 Å². The second kappa shape index (κ2) is 5.48. The van der Waals surface area contributed by atoms with Gasteiger partial charge in [0, 0.05) is 18.4 Å². The van der Waals surface area contributed by atoms with E-state index in [1.807, 2.05) is 6.92 Å². The van der Waals surface area contributed by atoms with Crippen LogP contribution in [0.15, 0.2) is 53.4 Å². The number of rotatable bonds is 4. The first-order valence-corrected chi connectivity index (χ1v) is 8.66. The highest BCUT2D eigenvalue weighted by atomic mass is 32.2. The Hall–Kier alpha value is -1.72. The van der Waals surface area contributed by atoms with Gasteiger partial charge in [-0.1, -0.05) is 29.8 Å². The van der Waals surface area contributed by atoms with Crippen molar-refractivity contribution in [3.05, 3.63) is 65.5 Å². The van der Waals surface area contributed by atoms with Gasteiger partial charge in [0.15, 0.2) is 9.84 Å². The van der Waals surface area contributed by atoms with E-state index in [4.69, 9.17) is 0 Å². The molecular weight excluding hydrogens is 303 g/mol. The summed E-state index contributed by atoms with van der Waals surface area (Å²) in [4.78, 5) is 0.250. The first-order valence-electron chi connectivity index (χ1n) is 7.12. The van der Waals surface area contributed by atoms with Gasteiger partial charge in [-0.05, 0) is 36.8 Å². The summed E-state index contributed by atoms with van der Waals surface area (Å²) < 4.78 is 38.8. The monoisotopic (exact) mass is 320 g/mol. The summed E-state index contributed by atoms with van der Waals surface area (Å²) in [5, 5.41) is 8.78. The predicted octanol–water partition coefficient (Wildman–Crippen LogP) is 2.68. The average Bonchev–Trinajstić information content (AvgIpc) is 3.23. The molecule has 1 fully saturated rings. The molecule has 2 aromatic rings. The van der Waals surface area contributed by atoms with Gasteiger partial charge in [-0.3, -0.25) is 0 Å². The molecule has 0 radical (unpaired) electrons. The van der Waals surface area contributed by atoms with E-state index in [-0.39, 0.29) is 23.3 Å². The van der Waals surface area contributed by atoms with Crippen LogP contribution in [0.25, 0.3) is 0 Å². The third-order valence-electron chi connectivity index (χ3n) is 4.25. The lowest BCUT2D eigenvalue weighted by Crippen LogP contribution is -2.11. The molecule has 0 aromatic heterocycles. The number of benzene rings is 2. The molecule has 22 heavy (non-hydrogen) atoms. The maximum atomic E-state index is 13.4. The average molecular weight is 320 g/mol. The molecule has 116 valence electrons. The Morgan fingerprint density at radius 3 is 2.41 bits per heavy atom. The summed E-state index contributed by atoms with van der Waals surface area (Å²) >= 11 is 0. The van der Waals surface area contributed by atoms with Crippen LogP contribution in [-0.4, -0.2) is 25.4 Å². The molecule has 0 aliphatic heterocycles. The first kappa shape index (κ1) is 15.2. The van der Waals surface area contributed by atoms with Crippen LogP contribution in [0.4, 0.5) is 4.39 Å². The minimum atomic E-state index is -3.54. The number of sulfone groups is 1. The van der Waals surface area contributed by atoms with Crippen LogP contribution in [0.3, 0.4) is 0 Å². The molecule has 3 atom stereocenters. The van der Waals surface area contributed by atoms with Crippen molar-refractivity contribution in [1.29, 1.82) is 0 Å². The van der Waals surface area contributed by atoms with Crippen LogP contribution < -0.4 is 0 Å². The molecule has 0 spiro atoms. The van der Waals surface area contributed by atoms with Crippen molar-refractivity contribution in [2.75, 3.05) is 6.61 Å². The highest BCUT2D eigenvalue weighted by molar-refractivity contribution is 7.92. The van der Waals surface area contributed by atoms with Gasteiger partial charge in [-0.15, -0.1) is 0 Å². The summed E-state index contributed by atoms with van der Waals surface area (Å²) in [5.41, 5.74) is 1.61. The van der Waals surface area contributed by atoms with Gasteiger partial charge in [0.2, 0.25) is 0 Å². The Morgan fingerprint density at radius 1 is 1.14 bits per heavy atom. The lowest BCUT2D eigenvalue weighted by atomic mass is 10.1. The summed E-state index contributed by atoms with van der Waals surface area (Å²) in [7, 11) is -3.54.